The zero-order chi connectivity index (χ0) is 34.2. The molecule has 0 N–H and O–H groups in total. The van der Waals surface area contributed by atoms with Crippen LogP contribution in [0.3, 0.4) is 0 Å². The molecule has 0 bridgehead atoms. The van der Waals surface area contributed by atoms with Crippen LogP contribution < -0.4 is 0 Å². The largest absolute Gasteiger partial charge is 0.462 e. The summed E-state index contributed by atoms with van der Waals surface area (Å²) in [4.78, 5) is 26.1. The van der Waals surface area contributed by atoms with Gasteiger partial charge in [-0.05, 0) is 109 Å². The zero-order valence-corrected chi connectivity index (χ0v) is 30.2. The predicted molar refractivity (Wildman–Crippen MR) is 191 cm³/mol. The Morgan fingerprint density at radius 2 is 1.35 bits per heavy atom. The van der Waals surface area contributed by atoms with Crippen LogP contribution in [0.4, 0.5) is 0 Å². The van der Waals surface area contributed by atoms with Crippen LogP contribution in [0.15, 0.2) is 95.6 Å². The monoisotopic (exact) mass is 646 g/mol. The molecular weight excluding hydrogens is 592 g/mol. The minimum atomic E-state index is -0.282. The molecule has 0 radical (unpaired) electrons. The Bertz CT molecular complexity index is 1700. The van der Waals surface area contributed by atoms with Crippen molar-refractivity contribution in [1.29, 1.82) is 0 Å². The highest BCUT2D eigenvalue weighted by Crippen LogP contribution is 2.74. The number of rotatable bonds is 5. The molecule has 7 atom stereocenters. The van der Waals surface area contributed by atoms with Gasteiger partial charge < -0.3 is 9.47 Å². The van der Waals surface area contributed by atoms with Crippen LogP contribution in [0, 0.1) is 38.4 Å². The van der Waals surface area contributed by atoms with Gasteiger partial charge in [-0.25, -0.2) is 9.59 Å². The van der Waals surface area contributed by atoms with E-state index < -0.39 is 0 Å². The first-order valence-electron chi connectivity index (χ1n) is 18.3. The van der Waals surface area contributed by atoms with Gasteiger partial charge in [0.1, 0.15) is 6.10 Å². The van der Waals surface area contributed by atoms with E-state index in [0.717, 1.165) is 32.1 Å². The molecule has 5 aliphatic carbocycles. The molecule has 0 saturated heterocycles. The molecule has 2 aromatic rings. The van der Waals surface area contributed by atoms with E-state index in [9.17, 15) is 9.59 Å². The van der Waals surface area contributed by atoms with E-state index in [1.807, 2.05) is 60.7 Å². The average Bonchev–Trinajstić information content (AvgIpc) is 3.07. The molecule has 0 unspecified atom stereocenters. The Labute approximate surface area is 288 Å². The zero-order valence-electron chi connectivity index (χ0n) is 30.2. The lowest BCUT2D eigenvalue weighted by molar-refractivity contribution is -0.147. The number of hydrogen-bond acceptors (Lipinski definition) is 4. The molecule has 3 saturated carbocycles. The van der Waals surface area contributed by atoms with Crippen LogP contribution in [-0.2, 0) is 9.47 Å². The smallest absolute Gasteiger partial charge is 0.338 e. The van der Waals surface area contributed by atoms with Crippen LogP contribution in [0.25, 0.3) is 0 Å². The number of fused-ring (bicyclic) bond motifs is 7. The Morgan fingerprint density at radius 1 is 0.729 bits per heavy atom. The maximum Gasteiger partial charge on any atom is 0.338 e. The van der Waals surface area contributed by atoms with E-state index in [-0.39, 0.29) is 50.5 Å². The van der Waals surface area contributed by atoms with E-state index in [1.54, 1.807) is 0 Å². The molecule has 3 fully saturated rings. The van der Waals surface area contributed by atoms with Gasteiger partial charge in [-0.1, -0.05) is 109 Å². The molecule has 4 heteroatoms. The summed E-state index contributed by atoms with van der Waals surface area (Å²) in [5, 5.41) is 0. The highest BCUT2D eigenvalue weighted by molar-refractivity contribution is 5.90. The van der Waals surface area contributed by atoms with E-state index in [4.69, 9.17) is 9.47 Å². The molecule has 0 heterocycles. The molecule has 5 aliphatic rings. The van der Waals surface area contributed by atoms with Crippen LogP contribution in [0.5, 0.6) is 0 Å². The SMILES string of the molecule is CC1(C)C2=CC=C3C(=CC[C@@]4(C)[C@@H]5C[C@](C)(COC(=O)c6ccccc6)CC[C@]5(C)CC[C@]34C)[C@@]2(C)CC[C@H]1OC(=O)c1ccccc1. The second kappa shape index (κ2) is 11.3. The summed E-state index contributed by atoms with van der Waals surface area (Å²) < 4.78 is 12.3. The molecule has 0 spiro atoms. The summed E-state index contributed by atoms with van der Waals surface area (Å²) in [6, 6.07) is 18.8. The van der Waals surface area contributed by atoms with Crippen molar-refractivity contribution < 1.29 is 19.1 Å². The fourth-order valence-electron chi connectivity index (χ4n) is 11.1. The van der Waals surface area contributed by atoms with Crippen LogP contribution in [0.1, 0.15) is 121 Å². The van der Waals surface area contributed by atoms with Gasteiger partial charge in [0.15, 0.2) is 0 Å². The Hall–Kier alpha value is -3.40. The van der Waals surface area contributed by atoms with Crippen molar-refractivity contribution in [1.82, 2.24) is 0 Å². The second-order valence-corrected chi connectivity index (χ2v) is 17.7. The fraction of sp³-hybridized carbons (Fsp3) is 0.545. The number of ether oxygens (including phenoxy) is 2. The minimum Gasteiger partial charge on any atom is -0.462 e. The van der Waals surface area contributed by atoms with E-state index in [2.05, 4.69) is 66.7 Å². The van der Waals surface area contributed by atoms with Gasteiger partial charge in [0.2, 0.25) is 0 Å². The van der Waals surface area contributed by atoms with Crippen molar-refractivity contribution in [2.45, 2.75) is 106 Å². The first-order valence-corrected chi connectivity index (χ1v) is 18.3. The van der Waals surface area contributed by atoms with E-state index in [1.165, 1.54) is 36.0 Å². The molecule has 0 aliphatic heterocycles. The molecule has 4 nitrogen and oxygen atoms in total. The number of benzene rings is 2. The lowest BCUT2D eigenvalue weighted by Gasteiger charge is -2.68. The van der Waals surface area contributed by atoms with E-state index >= 15 is 0 Å². The summed E-state index contributed by atoms with van der Waals surface area (Å²) in [5.41, 5.74) is 5.69. The average molecular weight is 647 g/mol. The summed E-state index contributed by atoms with van der Waals surface area (Å²) >= 11 is 0. The molecule has 0 aromatic heterocycles. The highest BCUT2D eigenvalue weighted by Gasteiger charge is 2.65. The number of carbonyl (C=O) groups excluding carboxylic acids is 2. The quantitative estimate of drug-likeness (QED) is 0.303. The topological polar surface area (TPSA) is 52.6 Å². The lowest BCUT2D eigenvalue weighted by atomic mass is 9.36. The summed E-state index contributed by atoms with van der Waals surface area (Å²) in [7, 11) is 0. The van der Waals surface area contributed by atoms with Crippen LogP contribution in [-0.4, -0.2) is 24.6 Å². The third kappa shape index (κ3) is 4.99. The Morgan fingerprint density at radius 3 is 2.02 bits per heavy atom. The standard InChI is InChI=1S/C44H54O4/c1-39(2)34-19-18-33-32(42(34,5)22-21-36(39)48-38(46)31-16-12-9-13-17-31)20-23-44(7)35-28-40(3,24-25-41(35,4)26-27-43(33,44)6)29-47-37(45)30-14-10-8-11-15-30/h8-20,35-36H,21-29H2,1-7H3/t35-,36-,40-,41-,42-,43-,44+/m1/s1. The van der Waals surface area contributed by atoms with Crippen molar-refractivity contribution in [2.24, 2.45) is 38.4 Å². The number of allylic oxidation sites excluding steroid dienone is 5. The predicted octanol–water partition coefficient (Wildman–Crippen LogP) is 10.7. The van der Waals surface area contributed by atoms with Gasteiger partial charge in [-0.15, -0.1) is 0 Å². The van der Waals surface area contributed by atoms with Gasteiger partial charge in [0, 0.05) is 16.2 Å². The summed E-state index contributed by atoms with van der Waals surface area (Å²) in [6.07, 6.45) is 15.9. The van der Waals surface area contributed by atoms with Gasteiger partial charge >= 0.3 is 11.9 Å². The van der Waals surface area contributed by atoms with Crippen molar-refractivity contribution >= 4 is 11.9 Å². The molecular formula is C44H54O4. The fourth-order valence-corrected chi connectivity index (χ4v) is 11.1. The second-order valence-electron chi connectivity index (χ2n) is 17.7. The summed E-state index contributed by atoms with van der Waals surface area (Å²) in [5.74, 6) is 0.0785. The first-order chi connectivity index (χ1) is 22.7. The van der Waals surface area contributed by atoms with Crippen LogP contribution >= 0.6 is 0 Å². The molecule has 0 amide bonds. The summed E-state index contributed by atoms with van der Waals surface area (Å²) in [6.45, 7) is 17.5. The van der Waals surface area contributed by atoms with E-state index in [0.29, 0.717) is 23.7 Å². The maximum atomic E-state index is 13.1. The van der Waals surface area contributed by atoms with Crippen LogP contribution in [0.2, 0.25) is 0 Å². The third-order valence-electron chi connectivity index (χ3n) is 14.5. The highest BCUT2D eigenvalue weighted by atomic mass is 16.5. The number of esters is 2. The normalized spacial score (nSPS) is 38.0. The van der Waals surface area contributed by atoms with Gasteiger partial charge in [0.05, 0.1) is 17.7 Å². The minimum absolute atomic E-state index is 0.0422. The van der Waals surface area contributed by atoms with Crippen molar-refractivity contribution in [2.75, 3.05) is 6.61 Å². The Balaban J connectivity index is 1.17. The molecule has 48 heavy (non-hydrogen) atoms. The maximum absolute atomic E-state index is 13.1. The number of hydrogen-bond donors (Lipinski definition) is 0. The Kier molecular flexibility index (Phi) is 7.81. The van der Waals surface area contributed by atoms with Gasteiger partial charge in [-0.2, -0.15) is 0 Å². The van der Waals surface area contributed by atoms with Crippen molar-refractivity contribution in [3.05, 3.63) is 107 Å². The molecule has 7 rings (SSSR count). The molecule has 254 valence electrons. The van der Waals surface area contributed by atoms with Gasteiger partial charge in [0.25, 0.3) is 0 Å². The van der Waals surface area contributed by atoms with Crippen molar-refractivity contribution in [3.63, 3.8) is 0 Å². The number of carbonyl (C=O) groups is 2. The molecule has 2 aromatic carbocycles. The lowest BCUT2D eigenvalue weighted by Crippen LogP contribution is -2.60. The van der Waals surface area contributed by atoms with Crippen molar-refractivity contribution in [3.8, 4) is 0 Å². The first kappa shape index (κ1) is 33.1. The van der Waals surface area contributed by atoms with Gasteiger partial charge in [-0.3, -0.25) is 0 Å². The third-order valence-corrected chi connectivity index (χ3v) is 14.5.